The van der Waals surface area contributed by atoms with Crippen molar-refractivity contribution in [1.82, 2.24) is 0 Å². The number of nitrogens with zero attached hydrogens (tertiary/aromatic N) is 1. The summed E-state index contributed by atoms with van der Waals surface area (Å²) < 4.78 is 0. The number of hydrogen-bond acceptors (Lipinski definition) is 2. The molecule has 62 valence electrons. The summed E-state index contributed by atoms with van der Waals surface area (Å²) in [6.45, 7) is 0. The molecule has 0 bridgehead atoms. The van der Waals surface area contributed by atoms with Gasteiger partial charge in [0.25, 0.3) is 0 Å². The Morgan fingerprint density at radius 1 is 1.42 bits per heavy atom. The number of halogens is 1. The lowest BCUT2D eigenvalue weighted by atomic mass is 10.1. The van der Waals surface area contributed by atoms with E-state index in [1.807, 2.05) is 12.1 Å². The van der Waals surface area contributed by atoms with Gasteiger partial charge >= 0.3 is 0 Å². The fourth-order valence-electron chi connectivity index (χ4n) is 0.978. The van der Waals surface area contributed by atoms with Crippen molar-refractivity contribution >= 4 is 24.2 Å². The van der Waals surface area contributed by atoms with Gasteiger partial charge in [0.1, 0.15) is 0 Å². The van der Waals surface area contributed by atoms with Gasteiger partial charge in [0, 0.05) is 16.3 Å². The number of nitriles is 1. The van der Waals surface area contributed by atoms with Crippen LogP contribution in [0.4, 0.5) is 0 Å². The van der Waals surface area contributed by atoms with E-state index in [1.54, 1.807) is 6.07 Å². The normalized spacial score (nSPS) is 9.42. The smallest absolute Gasteiger partial charge is 0.0625 e. The van der Waals surface area contributed by atoms with Crippen molar-refractivity contribution in [2.45, 2.75) is 17.7 Å². The Morgan fingerprint density at radius 3 is 2.75 bits per heavy atom. The Balaban J connectivity index is 2.80. The van der Waals surface area contributed by atoms with E-state index in [9.17, 15) is 0 Å². The second-order valence-corrected chi connectivity index (χ2v) is 3.43. The van der Waals surface area contributed by atoms with E-state index in [0.717, 1.165) is 16.9 Å². The molecule has 1 rings (SSSR count). The second kappa shape index (κ2) is 4.39. The van der Waals surface area contributed by atoms with Crippen molar-refractivity contribution in [2.75, 3.05) is 0 Å². The molecule has 0 N–H and O–H groups in total. The summed E-state index contributed by atoms with van der Waals surface area (Å²) in [5.74, 6) is 0. The average molecular weight is 198 g/mol. The van der Waals surface area contributed by atoms with Crippen molar-refractivity contribution in [3.8, 4) is 6.07 Å². The van der Waals surface area contributed by atoms with Gasteiger partial charge in [-0.1, -0.05) is 11.6 Å². The molecular formula is C9H8ClNS. The summed E-state index contributed by atoms with van der Waals surface area (Å²) in [6.07, 6.45) is 1.26. The highest BCUT2D eigenvalue weighted by atomic mass is 35.5. The van der Waals surface area contributed by atoms with Gasteiger partial charge in [0.2, 0.25) is 0 Å². The van der Waals surface area contributed by atoms with Gasteiger partial charge in [-0.3, -0.25) is 0 Å². The molecule has 0 fully saturated rings. The Morgan fingerprint density at radius 2 is 2.17 bits per heavy atom. The van der Waals surface area contributed by atoms with E-state index in [0.29, 0.717) is 11.4 Å². The van der Waals surface area contributed by atoms with E-state index >= 15 is 0 Å². The molecule has 1 nitrogen and oxygen atoms in total. The number of aryl methyl sites for hydroxylation is 1. The predicted octanol–water partition coefficient (Wildman–Crippen LogP) is 3.08. The molecule has 0 aromatic heterocycles. The standard InChI is InChI=1S/C9H8ClNS/c10-8-4-7(2-1-3-11)5-9(12)6-8/h4-6,12H,1-2H2. The fourth-order valence-corrected chi connectivity index (χ4v) is 1.62. The van der Waals surface area contributed by atoms with Gasteiger partial charge in [0.15, 0.2) is 0 Å². The number of benzene rings is 1. The predicted molar refractivity (Wildman–Crippen MR) is 52.6 cm³/mol. The van der Waals surface area contributed by atoms with E-state index in [-0.39, 0.29) is 0 Å². The lowest BCUT2D eigenvalue weighted by Crippen LogP contribution is -1.83. The van der Waals surface area contributed by atoms with Crippen molar-refractivity contribution in [3.63, 3.8) is 0 Å². The monoisotopic (exact) mass is 197 g/mol. The van der Waals surface area contributed by atoms with Crippen molar-refractivity contribution in [1.29, 1.82) is 5.26 Å². The average Bonchev–Trinajstić information content (AvgIpc) is 1.99. The van der Waals surface area contributed by atoms with Gasteiger partial charge in [-0.05, 0) is 30.2 Å². The quantitative estimate of drug-likeness (QED) is 0.724. The molecule has 3 heteroatoms. The third-order valence-electron chi connectivity index (χ3n) is 1.47. The van der Waals surface area contributed by atoms with Crippen LogP contribution in [0.3, 0.4) is 0 Å². The van der Waals surface area contributed by atoms with Crippen molar-refractivity contribution in [2.24, 2.45) is 0 Å². The summed E-state index contributed by atoms with van der Waals surface area (Å²) in [6, 6.07) is 7.65. The Hall–Kier alpha value is -0.650. The van der Waals surface area contributed by atoms with E-state index < -0.39 is 0 Å². The number of rotatable bonds is 2. The van der Waals surface area contributed by atoms with Crippen LogP contribution in [0.5, 0.6) is 0 Å². The van der Waals surface area contributed by atoms with Crippen LogP contribution in [0.1, 0.15) is 12.0 Å². The van der Waals surface area contributed by atoms with Crippen LogP contribution in [0.25, 0.3) is 0 Å². The largest absolute Gasteiger partial charge is 0.198 e. The van der Waals surface area contributed by atoms with Gasteiger partial charge < -0.3 is 0 Å². The minimum Gasteiger partial charge on any atom is -0.198 e. The molecule has 0 atom stereocenters. The summed E-state index contributed by atoms with van der Waals surface area (Å²) in [4.78, 5) is 0.843. The summed E-state index contributed by atoms with van der Waals surface area (Å²) >= 11 is 9.98. The Labute approximate surface area is 82.4 Å². The van der Waals surface area contributed by atoms with Crippen LogP contribution in [0, 0.1) is 11.3 Å². The van der Waals surface area contributed by atoms with Crippen LogP contribution >= 0.6 is 24.2 Å². The molecule has 0 saturated carbocycles. The zero-order chi connectivity index (χ0) is 8.97. The molecule has 12 heavy (non-hydrogen) atoms. The van der Waals surface area contributed by atoms with E-state index in [2.05, 4.69) is 18.7 Å². The molecule has 1 aromatic rings. The number of hydrogen-bond donors (Lipinski definition) is 1. The first-order chi connectivity index (χ1) is 5.72. The molecule has 0 aliphatic carbocycles. The molecular weight excluding hydrogens is 190 g/mol. The van der Waals surface area contributed by atoms with Gasteiger partial charge in [-0.15, -0.1) is 12.6 Å². The van der Waals surface area contributed by atoms with Gasteiger partial charge in [0.05, 0.1) is 6.07 Å². The second-order valence-electron chi connectivity index (χ2n) is 2.48. The SMILES string of the molecule is N#CCCc1cc(S)cc(Cl)c1. The van der Waals surface area contributed by atoms with Gasteiger partial charge in [-0.25, -0.2) is 0 Å². The van der Waals surface area contributed by atoms with Crippen LogP contribution in [0.15, 0.2) is 23.1 Å². The highest BCUT2D eigenvalue weighted by Gasteiger charge is 1.96. The lowest BCUT2D eigenvalue weighted by molar-refractivity contribution is 1.00. The van der Waals surface area contributed by atoms with E-state index in [1.165, 1.54) is 0 Å². The molecule has 0 amide bonds. The van der Waals surface area contributed by atoms with Crippen molar-refractivity contribution < 1.29 is 0 Å². The summed E-state index contributed by atoms with van der Waals surface area (Å²) in [5.41, 5.74) is 1.06. The maximum Gasteiger partial charge on any atom is 0.0625 e. The van der Waals surface area contributed by atoms with Gasteiger partial charge in [-0.2, -0.15) is 5.26 Å². The van der Waals surface area contributed by atoms with Crippen molar-refractivity contribution in [3.05, 3.63) is 28.8 Å². The minimum absolute atomic E-state index is 0.521. The Kier molecular flexibility index (Phi) is 3.46. The van der Waals surface area contributed by atoms with E-state index in [4.69, 9.17) is 16.9 Å². The highest BCUT2D eigenvalue weighted by Crippen LogP contribution is 2.18. The molecule has 0 aliphatic rings. The maximum absolute atomic E-state index is 8.36. The van der Waals surface area contributed by atoms with Crippen LogP contribution < -0.4 is 0 Å². The first kappa shape index (κ1) is 9.44. The zero-order valence-corrected chi connectivity index (χ0v) is 8.07. The molecule has 0 saturated heterocycles. The molecule has 1 aromatic carbocycles. The highest BCUT2D eigenvalue weighted by molar-refractivity contribution is 7.80. The first-order valence-corrected chi connectivity index (χ1v) is 4.40. The summed E-state index contributed by atoms with van der Waals surface area (Å²) in [5, 5.41) is 9.04. The third-order valence-corrected chi connectivity index (χ3v) is 1.94. The Bertz CT molecular complexity index is 297. The molecule has 0 heterocycles. The van der Waals surface area contributed by atoms with Crippen LogP contribution in [-0.4, -0.2) is 0 Å². The number of thiol groups is 1. The summed E-state index contributed by atoms with van der Waals surface area (Å²) in [7, 11) is 0. The van der Waals surface area contributed by atoms with Crippen LogP contribution in [0.2, 0.25) is 5.02 Å². The lowest BCUT2D eigenvalue weighted by Gasteiger charge is -1.99. The molecule has 0 aliphatic heterocycles. The van der Waals surface area contributed by atoms with Crippen LogP contribution in [-0.2, 0) is 6.42 Å². The molecule has 0 unspecified atom stereocenters. The first-order valence-electron chi connectivity index (χ1n) is 3.58. The minimum atomic E-state index is 0.521. The molecule has 0 spiro atoms. The fraction of sp³-hybridized carbons (Fsp3) is 0.222. The molecule has 0 radical (unpaired) electrons. The zero-order valence-electron chi connectivity index (χ0n) is 6.42. The topological polar surface area (TPSA) is 23.8 Å². The third kappa shape index (κ3) is 2.77. The maximum atomic E-state index is 8.36.